The SMILES string of the molecule is O=C(c1ccccc1)N(F)C(=O)c1ccccc1. The molecule has 0 saturated carbocycles. The van der Waals surface area contributed by atoms with Crippen LogP contribution in [0.25, 0.3) is 0 Å². The Hall–Kier alpha value is -2.49. The monoisotopic (exact) mass is 243 g/mol. The van der Waals surface area contributed by atoms with E-state index < -0.39 is 11.8 Å². The van der Waals surface area contributed by atoms with Gasteiger partial charge in [0, 0.05) is 11.1 Å². The van der Waals surface area contributed by atoms with Gasteiger partial charge in [0.1, 0.15) is 0 Å². The fourth-order valence-electron chi connectivity index (χ4n) is 1.48. The van der Waals surface area contributed by atoms with E-state index in [0.29, 0.717) is 0 Å². The number of rotatable bonds is 2. The summed E-state index contributed by atoms with van der Waals surface area (Å²) in [5.74, 6) is -1.94. The van der Waals surface area contributed by atoms with E-state index >= 15 is 0 Å². The highest BCUT2D eigenvalue weighted by Crippen LogP contribution is 2.10. The standard InChI is InChI=1S/C14H10FNO2/c15-16(13(17)11-7-3-1-4-8-11)14(18)12-9-5-2-6-10-12/h1-10H. The van der Waals surface area contributed by atoms with Crippen LogP contribution in [-0.2, 0) is 0 Å². The molecule has 0 aliphatic heterocycles. The molecular weight excluding hydrogens is 233 g/mol. The Morgan fingerprint density at radius 2 is 1.06 bits per heavy atom. The molecule has 90 valence electrons. The molecule has 0 aliphatic carbocycles. The molecule has 0 bridgehead atoms. The van der Waals surface area contributed by atoms with Gasteiger partial charge >= 0.3 is 0 Å². The molecule has 0 fully saturated rings. The summed E-state index contributed by atoms with van der Waals surface area (Å²) in [6.45, 7) is 0. The Balaban J connectivity index is 2.20. The predicted octanol–water partition coefficient (Wildman–Crippen LogP) is 2.85. The fraction of sp³-hybridized carbons (Fsp3) is 0. The highest BCUT2D eigenvalue weighted by atomic mass is 19.2. The van der Waals surface area contributed by atoms with E-state index in [1.54, 1.807) is 36.4 Å². The van der Waals surface area contributed by atoms with Crippen LogP contribution in [0.2, 0.25) is 0 Å². The minimum absolute atomic E-state index is 0.129. The lowest BCUT2D eigenvalue weighted by molar-refractivity contribution is 0.0183. The number of hydrogen-bond donors (Lipinski definition) is 0. The highest BCUT2D eigenvalue weighted by molar-refractivity contribution is 6.09. The molecule has 3 nitrogen and oxygen atoms in total. The Morgan fingerprint density at radius 1 is 0.722 bits per heavy atom. The summed E-state index contributed by atoms with van der Waals surface area (Å²) in [6.07, 6.45) is 0. The van der Waals surface area contributed by atoms with E-state index in [0.717, 1.165) is 0 Å². The van der Waals surface area contributed by atoms with Crippen LogP contribution >= 0.6 is 0 Å². The quantitative estimate of drug-likeness (QED) is 0.600. The van der Waals surface area contributed by atoms with Crippen molar-refractivity contribution < 1.29 is 14.1 Å². The van der Waals surface area contributed by atoms with Gasteiger partial charge in [0.05, 0.1) is 0 Å². The highest BCUT2D eigenvalue weighted by Gasteiger charge is 2.23. The van der Waals surface area contributed by atoms with Crippen LogP contribution in [0.1, 0.15) is 20.7 Å². The van der Waals surface area contributed by atoms with Crippen LogP contribution < -0.4 is 0 Å². The van der Waals surface area contributed by atoms with Gasteiger partial charge in [-0.05, 0) is 24.3 Å². The van der Waals surface area contributed by atoms with Gasteiger partial charge in [-0.1, -0.05) is 40.9 Å². The smallest absolute Gasteiger partial charge is 0.266 e. The van der Waals surface area contributed by atoms with Crippen LogP contribution in [0.3, 0.4) is 0 Å². The Labute approximate surface area is 103 Å². The molecule has 0 unspecified atom stereocenters. The predicted molar refractivity (Wildman–Crippen MR) is 64.5 cm³/mol. The average molecular weight is 243 g/mol. The van der Waals surface area contributed by atoms with Gasteiger partial charge in [-0.3, -0.25) is 9.59 Å². The molecule has 0 radical (unpaired) electrons. The summed E-state index contributed by atoms with van der Waals surface area (Å²) in [5, 5.41) is -0.370. The zero-order valence-corrected chi connectivity index (χ0v) is 9.42. The number of hydrogen-bond acceptors (Lipinski definition) is 2. The van der Waals surface area contributed by atoms with Crippen LogP contribution in [0.15, 0.2) is 60.7 Å². The topological polar surface area (TPSA) is 37.4 Å². The average Bonchev–Trinajstić information content (AvgIpc) is 2.47. The van der Waals surface area contributed by atoms with Crippen molar-refractivity contribution in [3.8, 4) is 0 Å². The molecular formula is C14H10FNO2. The normalized spacial score (nSPS) is 9.83. The molecule has 2 aromatic rings. The van der Waals surface area contributed by atoms with Crippen LogP contribution in [0, 0.1) is 0 Å². The van der Waals surface area contributed by atoms with E-state index in [2.05, 4.69) is 0 Å². The lowest BCUT2D eigenvalue weighted by Crippen LogP contribution is -2.29. The third kappa shape index (κ3) is 2.43. The van der Waals surface area contributed by atoms with Crippen molar-refractivity contribution in [1.82, 2.24) is 5.12 Å². The van der Waals surface area contributed by atoms with Crippen molar-refractivity contribution in [3.63, 3.8) is 0 Å². The number of amides is 2. The summed E-state index contributed by atoms with van der Waals surface area (Å²) in [5.41, 5.74) is 0.258. The number of halogens is 1. The zero-order valence-electron chi connectivity index (χ0n) is 9.42. The van der Waals surface area contributed by atoms with E-state index in [1.807, 2.05) is 0 Å². The number of carbonyl (C=O) groups excluding carboxylic acids is 2. The molecule has 0 aromatic heterocycles. The minimum Gasteiger partial charge on any atom is -0.266 e. The summed E-state index contributed by atoms with van der Waals surface area (Å²) in [4.78, 5) is 23.4. The van der Waals surface area contributed by atoms with Gasteiger partial charge in [0.15, 0.2) is 0 Å². The zero-order chi connectivity index (χ0) is 13.0. The first-order chi connectivity index (χ1) is 8.70. The van der Waals surface area contributed by atoms with Gasteiger partial charge in [0.25, 0.3) is 11.8 Å². The van der Waals surface area contributed by atoms with Gasteiger partial charge in [-0.25, -0.2) is 0 Å². The van der Waals surface area contributed by atoms with Gasteiger partial charge < -0.3 is 0 Å². The van der Waals surface area contributed by atoms with Crippen molar-refractivity contribution in [2.75, 3.05) is 0 Å². The van der Waals surface area contributed by atoms with Crippen molar-refractivity contribution in [3.05, 3.63) is 71.8 Å². The fourth-order valence-corrected chi connectivity index (χ4v) is 1.48. The minimum atomic E-state index is -0.968. The second-order valence-electron chi connectivity index (χ2n) is 3.62. The number of nitrogens with zero attached hydrogens (tertiary/aromatic N) is 1. The first-order valence-electron chi connectivity index (χ1n) is 5.35. The van der Waals surface area contributed by atoms with E-state index in [4.69, 9.17) is 0 Å². The van der Waals surface area contributed by atoms with Crippen molar-refractivity contribution in [2.45, 2.75) is 0 Å². The van der Waals surface area contributed by atoms with Crippen LogP contribution in [0.4, 0.5) is 4.48 Å². The summed E-state index contributed by atoms with van der Waals surface area (Å²) < 4.78 is 13.7. The summed E-state index contributed by atoms with van der Waals surface area (Å²) >= 11 is 0. The molecule has 18 heavy (non-hydrogen) atoms. The van der Waals surface area contributed by atoms with E-state index in [1.165, 1.54) is 24.3 Å². The van der Waals surface area contributed by atoms with Crippen molar-refractivity contribution >= 4 is 11.8 Å². The number of imide groups is 1. The Bertz CT molecular complexity index is 503. The molecule has 2 amide bonds. The van der Waals surface area contributed by atoms with E-state index in [-0.39, 0.29) is 16.2 Å². The molecule has 0 spiro atoms. The Morgan fingerprint density at radius 3 is 1.39 bits per heavy atom. The largest absolute Gasteiger partial charge is 0.289 e. The van der Waals surface area contributed by atoms with Crippen LogP contribution in [0.5, 0.6) is 0 Å². The number of benzene rings is 2. The molecule has 2 rings (SSSR count). The molecule has 0 N–H and O–H groups in total. The maximum Gasteiger partial charge on any atom is 0.289 e. The number of carbonyl (C=O) groups is 2. The molecule has 0 atom stereocenters. The van der Waals surface area contributed by atoms with Crippen molar-refractivity contribution in [2.24, 2.45) is 0 Å². The van der Waals surface area contributed by atoms with Crippen molar-refractivity contribution in [1.29, 1.82) is 0 Å². The Kier molecular flexibility index (Phi) is 3.48. The maximum absolute atomic E-state index is 13.7. The molecule has 0 heterocycles. The molecule has 0 aliphatic rings. The van der Waals surface area contributed by atoms with Gasteiger partial charge in [-0.2, -0.15) is 0 Å². The molecule has 4 heteroatoms. The molecule has 2 aromatic carbocycles. The van der Waals surface area contributed by atoms with E-state index in [9.17, 15) is 14.1 Å². The first kappa shape index (κ1) is 12.0. The second-order valence-corrected chi connectivity index (χ2v) is 3.62. The second kappa shape index (κ2) is 5.23. The maximum atomic E-state index is 13.7. The molecule has 0 saturated heterocycles. The lowest BCUT2D eigenvalue weighted by Gasteiger charge is -2.10. The third-order valence-corrected chi connectivity index (χ3v) is 2.40. The van der Waals surface area contributed by atoms with Crippen LogP contribution in [-0.4, -0.2) is 16.9 Å². The summed E-state index contributed by atoms with van der Waals surface area (Å²) in [6, 6.07) is 15.6. The summed E-state index contributed by atoms with van der Waals surface area (Å²) in [7, 11) is 0. The first-order valence-corrected chi connectivity index (χ1v) is 5.35. The lowest BCUT2D eigenvalue weighted by atomic mass is 10.2. The van der Waals surface area contributed by atoms with Gasteiger partial charge in [-0.15, -0.1) is 5.12 Å². The van der Waals surface area contributed by atoms with Gasteiger partial charge in [0.2, 0.25) is 0 Å². The third-order valence-electron chi connectivity index (χ3n) is 2.40.